The summed E-state index contributed by atoms with van der Waals surface area (Å²) in [6.45, 7) is 0.0808. The molecule has 2 aromatic heterocycles. The van der Waals surface area contributed by atoms with E-state index in [4.69, 9.17) is 0 Å². The van der Waals surface area contributed by atoms with E-state index in [0.29, 0.717) is 18.4 Å². The van der Waals surface area contributed by atoms with Crippen molar-refractivity contribution in [3.63, 3.8) is 0 Å². The molecule has 0 radical (unpaired) electrons. The minimum absolute atomic E-state index is 0.0404. The zero-order valence-electron chi connectivity index (χ0n) is 17.1. The number of fused-ring (bicyclic) bond motifs is 1. The number of anilines is 1. The molecule has 1 saturated heterocycles. The third kappa shape index (κ3) is 3.57. The van der Waals surface area contributed by atoms with Crippen LogP contribution in [0.25, 0.3) is 22.0 Å². The highest BCUT2D eigenvalue weighted by molar-refractivity contribution is 5.93. The van der Waals surface area contributed by atoms with Crippen LogP contribution in [-0.2, 0) is 16.6 Å². The normalized spacial score (nSPS) is 17.8. The van der Waals surface area contributed by atoms with Gasteiger partial charge in [-0.25, -0.2) is 9.97 Å². The van der Waals surface area contributed by atoms with Gasteiger partial charge in [0.05, 0.1) is 11.7 Å². The number of rotatable bonds is 3. The van der Waals surface area contributed by atoms with Crippen molar-refractivity contribution in [2.75, 3.05) is 18.4 Å². The number of carbonyl (C=O) groups is 2. The van der Waals surface area contributed by atoms with Crippen LogP contribution in [0.5, 0.6) is 0 Å². The summed E-state index contributed by atoms with van der Waals surface area (Å²) < 4.78 is 39.2. The van der Waals surface area contributed by atoms with Crippen molar-refractivity contribution in [3.05, 3.63) is 36.8 Å². The van der Waals surface area contributed by atoms with Gasteiger partial charge in [0, 0.05) is 54.8 Å². The number of nitrogens with zero attached hydrogens (tertiary/aromatic N) is 5. The second kappa shape index (κ2) is 7.01. The summed E-state index contributed by atoms with van der Waals surface area (Å²) >= 11 is 0. The van der Waals surface area contributed by atoms with Gasteiger partial charge in [-0.1, -0.05) is 12.1 Å². The van der Waals surface area contributed by atoms with Crippen molar-refractivity contribution in [3.8, 4) is 11.1 Å². The minimum atomic E-state index is -4.85. The third-order valence-corrected chi connectivity index (χ3v) is 6.17. The lowest BCUT2D eigenvalue weighted by molar-refractivity contribution is -0.203. The van der Waals surface area contributed by atoms with Crippen LogP contribution in [-0.4, -0.2) is 55.7 Å². The van der Waals surface area contributed by atoms with E-state index in [-0.39, 0.29) is 36.3 Å². The standard InChI is InChI=1S/C21H19F3N6O2/c1-29-9-15(8-26-29)12-2-3-13-7-25-19(27-16(13)4-12)28-17(31)14-5-20(6-14)10-30(11-20)18(32)21(22,23)24/h2-4,7-9,14H,5-6,10-11H2,1H3,(H,25,27,28,31). The van der Waals surface area contributed by atoms with Gasteiger partial charge in [0.25, 0.3) is 0 Å². The molecule has 0 unspecified atom stereocenters. The van der Waals surface area contributed by atoms with Gasteiger partial charge in [-0.3, -0.25) is 19.6 Å². The molecule has 3 heterocycles. The third-order valence-electron chi connectivity index (χ3n) is 6.17. The van der Waals surface area contributed by atoms with Crippen LogP contribution < -0.4 is 5.32 Å². The van der Waals surface area contributed by atoms with Crippen molar-refractivity contribution in [1.29, 1.82) is 0 Å². The predicted octanol–water partition coefficient (Wildman–Crippen LogP) is 2.77. The fourth-order valence-corrected chi connectivity index (χ4v) is 4.56. The first kappa shape index (κ1) is 20.4. The number of halogens is 3. The topological polar surface area (TPSA) is 93.0 Å². The number of likely N-dealkylation sites (tertiary alicyclic amines) is 1. The first-order valence-corrected chi connectivity index (χ1v) is 10.0. The van der Waals surface area contributed by atoms with Gasteiger partial charge in [0.1, 0.15) is 0 Å². The van der Waals surface area contributed by atoms with Gasteiger partial charge < -0.3 is 4.90 Å². The average molecular weight is 444 g/mol. The van der Waals surface area contributed by atoms with Gasteiger partial charge in [-0.05, 0) is 24.5 Å². The number of benzene rings is 1. The van der Waals surface area contributed by atoms with E-state index in [0.717, 1.165) is 21.4 Å². The summed E-state index contributed by atoms with van der Waals surface area (Å²) in [5.74, 6) is -2.24. The van der Waals surface area contributed by atoms with Crippen molar-refractivity contribution >= 4 is 28.7 Å². The number of hydrogen-bond donors (Lipinski definition) is 1. The Kier molecular flexibility index (Phi) is 4.47. The predicted molar refractivity (Wildman–Crippen MR) is 108 cm³/mol. The molecule has 1 saturated carbocycles. The van der Waals surface area contributed by atoms with Gasteiger partial charge in [-0.2, -0.15) is 18.3 Å². The molecule has 1 aliphatic heterocycles. The monoisotopic (exact) mass is 444 g/mol. The Bertz CT molecular complexity index is 1220. The molecule has 0 bridgehead atoms. The van der Waals surface area contributed by atoms with E-state index in [1.807, 2.05) is 31.4 Å². The van der Waals surface area contributed by atoms with Gasteiger partial charge >= 0.3 is 12.1 Å². The summed E-state index contributed by atoms with van der Waals surface area (Å²) in [7, 11) is 1.83. The first-order valence-electron chi connectivity index (χ1n) is 10.0. The molecule has 11 heteroatoms. The Hall–Kier alpha value is -3.50. The highest BCUT2D eigenvalue weighted by Gasteiger charge is 2.58. The lowest BCUT2D eigenvalue weighted by atomic mass is 9.57. The van der Waals surface area contributed by atoms with Crippen molar-refractivity contribution in [2.45, 2.75) is 19.0 Å². The molecule has 1 spiro atoms. The van der Waals surface area contributed by atoms with Crippen molar-refractivity contribution < 1.29 is 22.8 Å². The summed E-state index contributed by atoms with van der Waals surface area (Å²) in [5, 5.41) is 7.69. The quantitative estimate of drug-likeness (QED) is 0.671. The van der Waals surface area contributed by atoms with Crippen LogP contribution in [0.15, 0.2) is 36.8 Å². The number of aryl methyl sites for hydroxylation is 1. The largest absolute Gasteiger partial charge is 0.471 e. The maximum absolute atomic E-state index is 12.6. The number of nitrogens with one attached hydrogen (secondary N) is 1. The molecule has 1 aromatic carbocycles. The Labute approximate surface area is 180 Å². The summed E-state index contributed by atoms with van der Waals surface area (Å²) in [4.78, 5) is 33.2. The van der Waals surface area contributed by atoms with E-state index < -0.39 is 12.1 Å². The van der Waals surface area contributed by atoms with Crippen LogP contribution >= 0.6 is 0 Å². The highest BCUT2D eigenvalue weighted by Crippen LogP contribution is 2.52. The van der Waals surface area contributed by atoms with E-state index in [1.165, 1.54) is 0 Å². The molecule has 1 aliphatic carbocycles. The smallest absolute Gasteiger partial charge is 0.334 e. The van der Waals surface area contributed by atoms with Crippen LogP contribution in [0.2, 0.25) is 0 Å². The molecule has 1 N–H and O–H groups in total. The Balaban J connectivity index is 1.22. The van der Waals surface area contributed by atoms with Crippen LogP contribution in [0.4, 0.5) is 19.1 Å². The molecule has 3 aromatic rings. The molecular formula is C21H19F3N6O2. The minimum Gasteiger partial charge on any atom is -0.334 e. The van der Waals surface area contributed by atoms with Crippen LogP contribution in [0.3, 0.4) is 0 Å². The fraction of sp³-hybridized carbons (Fsp3) is 0.381. The number of carbonyl (C=O) groups excluding carboxylic acids is 2. The second-order valence-corrected chi connectivity index (χ2v) is 8.62. The van der Waals surface area contributed by atoms with E-state index in [2.05, 4.69) is 20.4 Å². The number of hydrogen-bond acceptors (Lipinski definition) is 5. The molecule has 2 amide bonds. The summed E-state index contributed by atoms with van der Waals surface area (Å²) in [6.07, 6.45) is 1.30. The number of amides is 2. The molecular weight excluding hydrogens is 425 g/mol. The molecule has 0 atom stereocenters. The van der Waals surface area contributed by atoms with E-state index in [9.17, 15) is 22.8 Å². The van der Waals surface area contributed by atoms with Gasteiger partial charge in [0.2, 0.25) is 11.9 Å². The fourth-order valence-electron chi connectivity index (χ4n) is 4.56. The maximum Gasteiger partial charge on any atom is 0.471 e. The van der Waals surface area contributed by atoms with E-state index in [1.54, 1.807) is 17.1 Å². The van der Waals surface area contributed by atoms with Crippen molar-refractivity contribution in [1.82, 2.24) is 24.6 Å². The maximum atomic E-state index is 12.6. The zero-order valence-corrected chi connectivity index (χ0v) is 17.1. The van der Waals surface area contributed by atoms with Crippen molar-refractivity contribution in [2.24, 2.45) is 18.4 Å². The SMILES string of the molecule is Cn1cc(-c2ccc3cnc(NC(=O)C4CC5(C4)CN(C(=O)C(F)(F)F)C5)nc3c2)cn1. The lowest BCUT2D eigenvalue weighted by Crippen LogP contribution is -2.66. The summed E-state index contributed by atoms with van der Waals surface area (Å²) in [5.41, 5.74) is 2.16. The molecule has 2 fully saturated rings. The second-order valence-electron chi connectivity index (χ2n) is 8.62. The molecule has 8 nitrogen and oxygen atoms in total. The Morgan fingerprint density at radius 1 is 1.16 bits per heavy atom. The summed E-state index contributed by atoms with van der Waals surface area (Å²) in [6, 6.07) is 5.73. The Morgan fingerprint density at radius 3 is 2.56 bits per heavy atom. The number of aromatic nitrogens is 4. The number of alkyl halides is 3. The first-order chi connectivity index (χ1) is 15.1. The van der Waals surface area contributed by atoms with Gasteiger partial charge in [0.15, 0.2) is 0 Å². The molecule has 32 heavy (non-hydrogen) atoms. The average Bonchev–Trinajstić information content (AvgIpc) is 3.10. The Morgan fingerprint density at radius 2 is 1.91 bits per heavy atom. The van der Waals surface area contributed by atoms with E-state index >= 15 is 0 Å². The molecule has 2 aliphatic rings. The van der Waals surface area contributed by atoms with Gasteiger partial charge in [-0.15, -0.1) is 0 Å². The molecule has 166 valence electrons. The highest BCUT2D eigenvalue weighted by atomic mass is 19.4. The lowest BCUT2D eigenvalue weighted by Gasteiger charge is -2.58. The van der Waals surface area contributed by atoms with Crippen LogP contribution in [0, 0.1) is 11.3 Å². The molecule has 5 rings (SSSR count). The van der Waals surface area contributed by atoms with Crippen LogP contribution in [0.1, 0.15) is 12.8 Å². The zero-order chi connectivity index (χ0) is 22.7.